The van der Waals surface area contributed by atoms with Gasteiger partial charge < -0.3 is 19.5 Å². The molecule has 36 heavy (non-hydrogen) atoms. The minimum Gasteiger partial charge on any atom is -0.497 e. The van der Waals surface area contributed by atoms with E-state index in [1.54, 1.807) is 7.11 Å². The fraction of sp³-hybridized carbons (Fsp3) is 0.357. The molecule has 4 rings (SSSR count). The number of fused-ring (bicyclic) bond motifs is 3. The van der Waals surface area contributed by atoms with Gasteiger partial charge in [0.1, 0.15) is 11.3 Å². The van der Waals surface area contributed by atoms with Gasteiger partial charge in [-0.25, -0.2) is 4.98 Å². The minimum atomic E-state index is -3.11. The topological polar surface area (TPSA) is 96.6 Å². The average molecular weight is 508 g/mol. The van der Waals surface area contributed by atoms with E-state index in [1.165, 1.54) is 5.56 Å². The Hall–Kier alpha value is -2.99. The Morgan fingerprint density at radius 1 is 0.972 bits per heavy atom. The first kappa shape index (κ1) is 26.1. The first-order chi connectivity index (χ1) is 17.4. The Morgan fingerprint density at radius 2 is 1.67 bits per heavy atom. The first-order valence-corrected chi connectivity index (χ1v) is 14.1. The van der Waals surface area contributed by atoms with Gasteiger partial charge in [0.2, 0.25) is 0 Å². The highest BCUT2D eigenvalue weighted by Crippen LogP contribution is 2.48. The Bertz CT molecular complexity index is 1380. The molecule has 2 heterocycles. The van der Waals surface area contributed by atoms with Crippen molar-refractivity contribution in [3.05, 3.63) is 71.4 Å². The van der Waals surface area contributed by atoms with Crippen LogP contribution in [0.25, 0.3) is 21.8 Å². The quantitative estimate of drug-likeness (QED) is 0.182. The molecule has 0 saturated carbocycles. The fourth-order valence-electron chi connectivity index (χ4n) is 4.45. The zero-order valence-electron chi connectivity index (χ0n) is 21.4. The maximum absolute atomic E-state index is 12.8. The van der Waals surface area contributed by atoms with Gasteiger partial charge in [0.15, 0.2) is 5.82 Å². The van der Waals surface area contributed by atoms with E-state index in [4.69, 9.17) is 19.5 Å². The van der Waals surface area contributed by atoms with Crippen LogP contribution in [-0.2, 0) is 26.5 Å². The van der Waals surface area contributed by atoms with E-state index < -0.39 is 7.60 Å². The zero-order chi connectivity index (χ0) is 25.7. The van der Waals surface area contributed by atoms with E-state index in [0.717, 1.165) is 39.6 Å². The summed E-state index contributed by atoms with van der Waals surface area (Å²) in [4.78, 5) is 9.29. The van der Waals surface area contributed by atoms with Crippen molar-refractivity contribution in [2.24, 2.45) is 0 Å². The number of aromatic nitrogens is 2. The van der Waals surface area contributed by atoms with Crippen molar-refractivity contribution in [3.63, 3.8) is 0 Å². The summed E-state index contributed by atoms with van der Waals surface area (Å²) in [5.74, 6) is 1.52. The lowest BCUT2D eigenvalue weighted by molar-refractivity contribution is 0.220. The fourth-order valence-corrected chi connectivity index (χ4v) is 6.11. The Kier molecular flexibility index (Phi) is 8.24. The third-order valence-corrected chi connectivity index (χ3v) is 8.42. The molecular weight excluding hydrogens is 473 g/mol. The molecule has 0 saturated heterocycles. The van der Waals surface area contributed by atoms with E-state index in [0.29, 0.717) is 37.1 Å². The molecule has 1 atom stereocenters. The molecule has 0 amide bonds. The van der Waals surface area contributed by atoms with Gasteiger partial charge in [-0.15, -0.1) is 0 Å². The second kappa shape index (κ2) is 11.4. The van der Waals surface area contributed by atoms with Crippen LogP contribution in [0, 0.1) is 0 Å². The lowest BCUT2D eigenvalue weighted by atomic mass is 9.93. The molecule has 0 aliphatic heterocycles. The summed E-state index contributed by atoms with van der Waals surface area (Å²) in [7, 11) is -1.43. The molecule has 8 heteroatoms. The number of nitrogens with two attached hydrogens (primary N) is 1. The normalized spacial score (nSPS) is 12.8. The number of methoxy groups -OCH3 is 1. The molecule has 7 nitrogen and oxygen atoms in total. The molecule has 0 aliphatic rings. The van der Waals surface area contributed by atoms with Crippen molar-refractivity contribution < 1.29 is 18.3 Å². The number of pyridine rings is 2. The Morgan fingerprint density at radius 3 is 2.33 bits per heavy atom. The molecular formula is C28H34N3O4P. The van der Waals surface area contributed by atoms with Crippen molar-refractivity contribution in [2.75, 3.05) is 32.2 Å². The largest absolute Gasteiger partial charge is 0.497 e. The molecule has 4 aromatic rings. The first-order valence-electron chi connectivity index (χ1n) is 12.3. The van der Waals surface area contributed by atoms with E-state index in [-0.39, 0.29) is 5.92 Å². The molecule has 0 radical (unpaired) electrons. The lowest BCUT2D eigenvalue weighted by Crippen LogP contribution is -2.03. The molecule has 0 fully saturated rings. The van der Waals surface area contributed by atoms with Crippen LogP contribution in [0.2, 0.25) is 0 Å². The van der Waals surface area contributed by atoms with Crippen LogP contribution < -0.4 is 10.5 Å². The third-order valence-electron chi connectivity index (χ3n) is 6.34. The average Bonchev–Trinajstić information content (AvgIpc) is 2.88. The monoisotopic (exact) mass is 507 g/mol. The van der Waals surface area contributed by atoms with Crippen molar-refractivity contribution in [1.29, 1.82) is 0 Å². The molecule has 0 spiro atoms. The number of hydrogen-bond acceptors (Lipinski definition) is 7. The highest BCUT2D eigenvalue weighted by Gasteiger charge is 2.23. The van der Waals surface area contributed by atoms with Gasteiger partial charge in [0, 0.05) is 17.0 Å². The third kappa shape index (κ3) is 5.86. The Labute approximate surface area is 212 Å². The number of nitrogens with zero attached hydrogens (tertiary/aromatic N) is 2. The lowest BCUT2D eigenvalue weighted by Gasteiger charge is -2.17. The van der Waals surface area contributed by atoms with Crippen LogP contribution in [0.15, 0.2) is 54.7 Å². The van der Waals surface area contributed by atoms with E-state index in [1.807, 2.05) is 50.4 Å². The summed E-state index contributed by atoms with van der Waals surface area (Å²) in [5, 5.41) is 1.98. The maximum atomic E-state index is 12.8. The van der Waals surface area contributed by atoms with E-state index in [2.05, 4.69) is 35.1 Å². The van der Waals surface area contributed by atoms with Crippen molar-refractivity contribution >= 4 is 35.2 Å². The molecule has 2 N–H and O–H groups in total. The summed E-state index contributed by atoms with van der Waals surface area (Å²) in [6, 6.07) is 16.4. The second-order valence-electron chi connectivity index (χ2n) is 8.89. The number of ether oxygens (including phenoxy) is 1. The van der Waals surface area contributed by atoms with Gasteiger partial charge in [-0.2, -0.15) is 0 Å². The van der Waals surface area contributed by atoms with Crippen LogP contribution in [0.5, 0.6) is 5.75 Å². The minimum absolute atomic E-state index is 0.269. The van der Waals surface area contributed by atoms with Crippen LogP contribution >= 0.6 is 7.60 Å². The second-order valence-corrected chi connectivity index (χ2v) is 11.1. The molecule has 2 aromatic carbocycles. The summed E-state index contributed by atoms with van der Waals surface area (Å²) in [5.41, 5.74) is 11.2. The predicted molar refractivity (Wildman–Crippen MR) is 146 cm³/mol. The summed E-state index contributed by atoms with van der Waals surface area (Å²) >= 11 is 0. The zero-order valence-corrected chi connectivity index (χ0v) is 22.3. The standard InChI is InChI=1S/C28H34N3O4P/c1-5-34-36(32,35-6-2)14-13-21-9-12-24-25-17-22(18-30-27(25)28(29)31-26(24)16-21)19(3)15-20-7-10-23(33-4)11-8-20/h7-12,16-19H,5-6,13-15H2,1-4H3,(H2,29,31). The predicted octanol–water partition coefficient (Wildman–Crippen LogP) is 6.53. The molecule has 1 unspecified atom stereocenters. The highest BCUT2D eigenvalue weighted by molar-refractivity contribution is 7.53. The Balaban J connectivity index is 1.61. The van der Waals surface area contributed by atoms with Gasteiger partial charge in [0.25, 0.3) is 0 Å². The van der Waals surface area contributed by atoms with Gasteiger partial charge in [-0.3, -0.25) is 9.55 Å². The summed E-state index contributed by atoms with van der Waals surface area (Å²) in [6.07, 6.45) is 3.66. The number of anilines is 1. The van der Waals surface area contributed by atoms with Crippen LogP contribution in [-0.4, -0.2) is 36.5 Å². The molecule has 2 aromatic heterocycles. The summed E-state index contributed by atoms with van der Waals surface area (Å²) in [6.45, 7) is 6.54. The van der Waals surface area contributed by atoms with Crippen LogP contribution in [0.3, 0.4) is 0 Å². The molecule has 0 aliphatic carbocycles. The number of nitrogen functional groups attached to an aromatic ring is 1. The number of hydrogen-bond donors (Lipinski definition) is 1. The smallest absolute Gasteiger partial charge is 0.330 e. The van der Waals surface area contributed by atoms with Crippen molar-refractivity contribution in [2.45, 2.75) is 39.5 Å². The van der Waals surface area contributed by atoms with Crippen molar-refractivity contribution in [3.8, 4) is 5.75 Å². The number of rotatable bonds is 11. The van der Waals surface area contributed by atoms with Crippen LogP contribution in [0.1, 0.15) is 43.4 Å². The highest BCUT2D eigenvalue weighted by atomic mass is 31.2. The summed E-state index contributed by atoms with van der Waals surface area (Å²) < 4.78 is 29.0. The van der Waals surface area contributed by atoms with Gasteiger partial charge >= 0.3 is 7.60 Å². The van der Waals surface area contributed by atoms with Crippen molar-refractivity contribution in [1.82, 2.24) is 9.97 Å². The molecule has 190 valence electrons. The van der Waals surface area contributed by atoms with Gasteiger partial charge in [-0.05, 0) is 73.6 Å². The van der Waals surface area contributed by atoms with Gasteiger partial charge in [-0.1, -0.05) is 31.2 Å². The number of aryl methyl sites for hydroxylation is 1. The maximum Gasteiger partial charge on any atom is 0.330 e. The molecule has 0 bridgehead atoms. The van der Waals surface area contributed by atoms with Gasteiger partial charge in [0.05, 0.1) is 32.0 Å². The van der Waals surface area contributed by atoms with E-state index >= 15 is 0 Å². The SMILES string of the molecule is CCOP(=O)(CCc1ccc2c(c1)nc(N)c1ncc(C(C)Cc3ccc(OC)cc3)cc12)OCC. The van der Waals surface area contributed by atoms with E-state index in [9.17, 15) is 4.57 Å². The number of benzene rings is 2. The van der Waals surface area contributed by atoms with Crippen LogP contribution in [0.4, 0.5) is 5.82 Å².